The average Bonchev–Trinajstić information content (AvgIpc) is 3.27. The molecule has 0 heterocycles. The zero-order chi connectivity index (χ0) is 44.9. The van der Waals surface area contributed by atoms with Crippen LogP contribution in [0.4, 0.5) is 0 Å². The topological polar surface area (TPSA) is 61.8 Å². The molecule has 62 heavy (non-hydrogen) atoms. The maximum atomic E-state index is 12.8. The van der Waals surface area contributed by atoms with Crippen molar-refractivity contribution in [3.63, 3.8) is 0 Å². The minimum absolute atomic E-state index is 0.0805. The molecule has 0 aromatic carbocycles. The largest absolute Gasteiger partial charge is 0.462 e. The van der Waals surface area contributed by atoms with E-state index in [-0.39, 0.29) is 25.2 Å². The molecular weight excluding hydrogens is 765 g/mol. The lowest BCUT2D eigenvalue weighted by atomic mass is 10.1. The lowest BCUT2D eigenvalue weighted by molar-refractivity contribution is -0.163. The molecule has 0 aliphatic carbocycles. The van der Waals surface area contributed by atoms with Crippen molar-refractivity contribution in [3.8, 4) is 0 Å². The minimum Gasteiger partial charge on any atom is -0.462 e. The van der Waals surface area contributed by atoms with Crippen molar-refractivity contribution in [1.29, 1.82) is 0 Å². The predicted octanol–water partition coefficient (Wildman–Crippen LogP) is 18.1. The van der Waals surface area contributed by atoms with Crippen molar-refractivity contribution in [2.45, 2.75) is 271 Å². The van der Waals surface area contributed by atoms with Gasteiger partial charge < -0.3 is 14.2 Å². The Hall–Kier alpha value is -2.40. The van der Waals surface area contributed by atoms with Crippen LogP contribution in [0.25, 0.3) is 0 Å². The Bertz CT molecular complexity index is 1070. The number of esters is 2. The molecule has 0 aromatic rings. The van der Waals surface area contributed by atoms with Gasteiger partial charge in [-0.2, -0.15) is 0 Å². The van der Waals surface area contributed by atoms with Gasteiger partial charge in [0, 0.05) is 19.4 Å². The summed E-state index contributed by atoms with van der Waals surface area (Å²) >= 11 is 0. The molecule has 0 aliphatic rings. The van der Waals surface area contributed by atoms with Crippen molar-refractivity contribution in [1.82, 2.24) is 0 Å². The highest BCUT2D eigenvalue weighted by atomic mass is 16.6. The van der Waals surface area contributed by atoms with Gasteiger partial charge in [0.25, 0.3) is 0 Å². The summed E-state index contributed by atoms with van der Waals surface area (Å²) in [5.41, 5.74) is 0. The van der Waals surface area contributed by atoms with Crippen LogP contribution >= 0.6 is 0 Å². The van der Waals surface area contributed by atoms with Gasteiger partial charge in [-0.25, -0.2) is 0 Å². The highest BCUT2D eigenvalue weighted by molar-refractivity contribution is 5.70. The van der Waals surface area contributed by atoms with Crippen molar-refractivity contribution in [2.24, 2.45) is 0 Å². The molecule has 0 amide bonds. The monoisotopic (exact) mass is 867 g/mol. The quantitative estimate of drug-likeness (QED) is 0.0346. The van der Waals surface area contributed by atoms with Crippen LogP contribution in [0.1, 0.15) is 265 Å². The Morgan fingerprint density at radius 3 is 1.19 bits per heavy atom. The number of rotatable bonds is 49. The molecule has 0 rings (SSSR count). The van der Waals surface area contributed by atoms with Crippen LogP contribution in [-0.4, -0.2) is 37.9 Å². The Labute approximate surface area is 385 Å². The second kappa shape index (κ2) is 52.9. The molecule has 5 heteroatoms. The van der Waals surface area contributed by atoms with Crippen LogP contribution in [-0.2, 0) is 23.8 Å². The summed E-state index contributed by atoms with van der Waals surface area (Å²) in [5, 5.41) is 0. The van der Waals surface area contributed by atoms with Gasteiger partial charge >= 0.3 is 11.9 Å². The fourth-order valence-electron chi connectivity index (χ4n) is 7.56. The number of unbranched alkanes of at least 4 members (excludes halogenated alkanes) is 28. The van der Waals surface area contributed by atoms with E-state index >= 15 is 0 Å². The number of carbonyl (C=O) groups excluding carboxylic acids is 2. The molecule has 0 aliphatic heterocycles. The third kappa shape index (κ3) is 50.2. The molecule has 0 aromatic heterocycles. The lowest BCUT2D eigenvalue weighted by Crippen LogP contribution is -2.30. The van der Waals surface area contributed by atoms with Crippen LogP contribution in [0.3, 0.4) is 0 Å². The Morgan fingerprint density at radius 1 is 0.371 bits per heavy atom. The molecule has 5 nitrogen and oxygen atoms in total. The minimum atomic E-state index is -0.541. The maximum absolute atomic E-state index is 12.8. The summed E-state index contributed by atoms with van der Waals surface area (Å²) in [6, 6.07) is 0. The van der Waals surface area contributed by atoms with E-state index in [1.54, 1.807) is 0 Å². The summed E-state index contributed by atoms with van der Waals surface area (Å²) in [4.78, 5) is 25.4. The highest BCUT2D eigenvalue weighted by Crippen LogP contribution is 2.15. The normalized spacial score (nSPS) is 12.6. The van der Waals surface area contributed by atoms with E-state index in [0.29, 0.717) is 19.4 Å². The second-order valence-electron chi connectivity index (χ2n) is 17.8. The van der Waals surface area contributed by atoms with Gasteiger partial charge in [0.1, 0.15) is 6.61 Å². The zero-order valence-electron chi connectivity index (χ0n) is 41.4. The van der Waals surface area contributed by atoms with Crippen molar-refractivity contribution in [2.75, 3.05) is 19.8 Å². The number of allylic oxidation sites excluding steroid dienone is 10. The van der Waals surface area contributed by atoms with Crippen molar-refractivity contribution >= 4 is 11.9 Å². The number of ether oxygens (including phenoxy) is 3. The first-order chi connectivity index (χ1) is 30.6. The van der Waals surface area contributed by atoms with E-state index in [9.17, 15) is 9.59 Å². The molecule has 0 spiro atoms. The van der Waals surface area contributed by atoms with E-state index in [2.05, 4.69) is 81.5 Å². The van der Waals surface area contributed by atoms with Gasteiger partial charge in [0.2, 0.25) is 0 Å². The summed E-state index contributed by atoms with van der Waals surface area (Å²) in [7, 11) is 0. The van der Waals surface area contributed by atoms with Crippen molar-refractivity contribution < 1.29 is 23.8 Å². The molecule has 0 fully saturated rings. The number of carbonyl (C=O) groups is 2. The van der Waals surface area contributed by atoms with E-state index in [1.807, 2.05) is 0 Å². The van der Waals surface area contributed by atoms with Gasteiger partial charge in [-0.1, -0.05) is 229 Å². The van der Waals surface area contributed by atoms with E-state index in [4.69, 9.17) is 14.2 Å². The van der Waals surface area contributed by atoms with Crippen LogP contribution in [0.15, 0.2) is 60.8 Å². The fourth-order valence-corrected chi connectivity index (χ4v) is 7.56. The molecular formula is C57H102O5. The first-order valence-electron chi connectivity index (χ1n) is 26.8. The van der Waals surface area contributed by atoms with Crippen LogP contribution in [0.5, 0.6) is 0 Å². The van der Waals surface area contributed by atoms with Crippen LogP contribution in [0, 0.1) is 0 Å². The van der Waals surface area contributed by atoms with Gasteiger partial charge in [0.15, 0.2) is 6.10 Å². The summed E-state index contributed by atoms with van der Waals surface area (Å²) < 4.78 is 17.4. The Morgan fingerprint density at radius 2 is 0.726 bits per heavy atom. The number of hydrogen-bond donors (Lipinski definition) is 0. The van der Waals surface area contributed by atoms with Crippen molar-refractivity contribution in [3.05, 3.63) is 60.8 Å². The third-order valence-electron chi connectivity index (χ3n) is 11.5. The third-order valence-corrected chi connectivity index (χ3v) is 11.5. The summed E-state index contributed by atoms with van der Waals surface area (Å²) in [5.74, 6) is -0.405. The second-order valence-corrected chi connectivity index (χ2v) is 17.8. The highest BCUT2D eigenvalue weighted by Gasteiger charge is 2.17. The van der Waals surface area contributed by atoms with Gasteiger partial charge in [-0.05, 0) is 83.5 Å². The summed E-state index contributed by atoms with van der Waals surface area (Å²) in [6.07, 6.45) is 66.6. The first kappa shape index (κ1) is 59.6. The van der Waals surface area contributed by atoms with E-state index < -0.39 is 6.10 Å². The SMILES string of the molecule is CC/C=C\C/C=C\C/C=C\CCCCCCCCCC(=O)OC(COCCCCCCCCCCCC)COC(=O)CCCCCCCCCCC/C=C\C/C=C\CCCCC. The average molecular weight is 867 g/mol. The molecule has 0 N–H and O–H groups in total. The molecule has 0 saturated heterocycles. The van der Waals surface area contributed by atoms with Gasteiger partial charge in [-0.3, -0.25) is 9.59 Å². The fraction of sp³-hybridized carbons (Fsp3) is 0.789. The zero-order valence-corrected chi connectivity index (χ0v) is 41.4. The molecule has 1 atom stereocenters. The Kier molecular flexibility index (Phi) is 50.9. The molecule has 0 saturated carbocycles. The molecule has 0 bridgehead atoms. The maximum Gasteiger partial charge on any atom is 0.306 e. The lowest BCUT2D eigenvalue weighted by Gasteiger charge is -2.18. The van der Waals surface area contributed by atoms with E-state index in [1.165, 1.54) is 154 Å². The standard InChI is InChI=1S/C57H102O5/c1-4-7-10-13-16-19-22-24-26-28-29-31-32-34-36-38-41-44-47-50-56(58)61-54-55(53-60-52-49-46-43-40-21-18-15-12-9-6-3)62-57(59)51-48-45-42-39-37-35-33-30-27-25-23-20-17-14-11-8-5-2/h8,11,16-17,19-20,24-27,55H,4-7,9-10,12-15,18,21-23,28-54H2,1-3H3/b11-8-,19-16-,20-17-,26-24-,27-25-. The van der Waals surface area contributed by atoms with Gasteiger partial charge in [-0.15, -0.1) is 0 Å². The van der Waals surface area contributed by atoms with Gasteiger partial charge in [0.05, 0.1) is 6.61 Å². The molecule has 0 radical (unpaired) electrons. The smallest absolute Gasteiger partial charge is 0.306 e. The summed E-state index contributed by atoms with van der Waals surface area (Å²) in [6.45, 7) is 7.70. The molecule has 1 unspecified atom stereocenters. The van der Waals surface area contributed by atoms with E-state index in [0.717, 1.165) is 77.0 Å². The van der Waals surface area contributed by atoms with Crippen LogP contribution in [0.2, 0.25) is 0 Å². The predicted molar refractivity (Wildman–Crippen MR) is 270 cm³/mol. The molecule has 360 valence electrons. The number of hydrogen-bond acceptors (Lipinski definition) is 5. The van der Waals surface area contributed by atoms with Crippen LogP contribution < -0.4 is 0 Å². The first-order valence-corrected chi connectivity index (χ1v) is 26.8. The Balaban J connectivity index is 4.21.